The molecule has 0 atom stereocenters. The van der Waals surface area contributed by atoms with Gasteiger partial charge in [-0.15, -0.1) is 0 Å². The minimum absolute atomic E-state index is 0.0313. The number of carbonyl (C=O) groups is 1. The van der Waals surface area contributed by atoms with Crippen molar-refractivity contribution in [1.82, 2.24) is 4.98 Å². The van der Waals surface area contributed by atoms with Gasteiger partial charge in [0.2, 0.25) is 5.91 Å². The molecule has 9 heteroatoms. The maximum Gasteiger partial charge on any atom is 0.416 e. The van der Waals surface area contributed by atoms with E-state index in [1.807, 2.05) is 36.4 Å². The summed E-state index contributed by atoms with van der Waals surface area (Å²) in [5.74, 6) is -0.681. The fourth-order valence-corrected chi connectivity index (χ4v) is 4.38. The monoisotopic (exact) mass is 523 g/mol. The second-order valence-corrected chi connectivity index (χ2v) is 9.04. The van der Waals surface area contributed by atoms with E-state index in [9.17, 15) is 23.2 Å². The second-order valence-electron chi connectivity index (χ2n) is 7.64. The first-order valence-electron chi connectivity index (χ1n) is 10.6. The van der Waals surface area contributed by atoms with Crippen molar-refractivity contribution in [1.29, 1.82) is 5.26 Å². The highest BCUT2D eigenvalue weighted by Gasteiger charge is 2.30. The van der Waals surface area contributed by atoms with Crippen molar-refractivity contribution in [2.24, 2.45) is 0 Å². The van der Waals surface area contributed by atoms with Crippen LogP contribution in [-0.4, -0.2) is 16.6 Å². The Kier molecular flexibility index (Phi) is 7.63. The van der Waals surface area contributed by atoms with Crippen molar-refractivity contribution >= 4 is 35.0 Å². The number of nitrogens with zero attached hydrogens (tertiary/aromatic N) is 2. The lowest BCUT2D eigenvalue weighted by molar-refractivity contribution is -0.137. The van der Waals surface area contributed by atoms with E-state index in [4.69, 9.17) is 11.6 Å². The Morgan fingerprint density at radius 2 is 1.69 bits per heavy atom. The average Bonchev–Trinajstić information content (AvgIpc) is 2.87. The molecule has 36 heavy (non-hydrogen) atoms. The Labute approximate surface area is 214 Å². The van der Waals surface area contributed by atoms with Gasteiger partial charge >= 0.3 is 6.18 Å². The molecule has 4 aromatic rings. The van der Waals surface area contributed by atoms with Gasteiger partial charge in [0.15, 0.2) is 0 Å². The third kappa shape index (κ3) is 6.06. The number of anilines is 1. The molecule has 0 saturated carbocycles. The van der Waals surface area contributed by atoms with Gasteiger partial charge in [0.25, 0.3) is 0 Å². The minimum atomic E-state index is -4.52. The highest BCUT2D eigenvalue weighted by atomic mass is 35.5. The number of nitriles is 1. The van der Waals surface area contributed by atoms with Crippen LogP contribution in [0.15, 0.2) is 90.0 Å². The van der Waals surface area contributed by atoms with Crippen LogP contribution in [0.3, 0.4) is 0 Å². The van der Waals surface area contributed by atoms with E-state index in [0.717, 1.165) is 35.0 Å². The van der Waals surface area contributed by atoms with Gasteiger partial charge in [0.1, 0.15) is 11.1 Å². The van der Waals surface area contributed by atoms with Crippen molar-refractivity contribution in [3.63, 3.8) is 0 Å². The van der Waals surface area contributed by atoms with E-state index in [1.54, 1.807) is 24.3 Å². The number of nitrogens with one attached hydrogen (secondary N) is 1. The van der Waals surface area contributed by atoms with E-state index < -0.39 is 17.6 Å². The standard InChI is InChI=1S/C27H17ClF3N3OS/c28-20-11-9-17(10-12-20)22-14-24(18-5-2-1-3-6-18)34-26(23(22)15-32)36-16-25(35)33-21-8-4-7-19(13-21)27(29,30)31/h1-14H,16H2,(H,33,35). The molecule has 4 rings (SSSR count). The number of hydrogen-bond donors (Lipinski definition) is 1. The molecule has 0 saturated heterocycles. The zero-order valence-corrected chi connectivity index (χ0v) is 20.1. The van der Waals surface area contributed by atoms with E-state index in [2.05, 4.69) is 16.4 Å². The van der Waals surface area contributed by atoms with Crippen LogP contribution in [0.25, 0.3) is 22.4 Å². The predicted molar refractivity (Wildman–Crippen MR) is 136 cm³/mol. The molecule has 0 aliphatic heterocycles. The van der Waals surface area contributed by atoms with Crippen LogP contribution < -0.4 is 5.32 Å². The summed E-state index contributed by atoms with van der Waals surface area (Å²) in [4.78, 5) is 17.2. The molecular formula is C27H17ClF3N3OS. The highest BCUT2D eigenvalue weighted by Crippen LogP contribution is 2.35. The third-order valence-corrected chi connectivity index (χ3v) is 6.36. The first kappa shape index (κ1) is 25.3. The molecular weight excluding hydrogens is 507 g/mol. The Morgan fingerprint density at radius 1 is 0.972 bits per heavy atom. The molecule has 1 aromatic heterocycles. The number of hydrogen-bond acceptors (Lipinski definition) is 4. The topological polar surface area (TPSA) is 65.8 Å². The summed E-state index contributed by atoms with van der Waals surface area (Å²) in [5.41, 5.74) is 2.28. The lowest BCUT2D eigenvalue weighted by Gasteiger charge is -2.13. The lowest BCUT2D eigenvalue weighted by atomic mass is 9.99. The van der Waals surface area contributed by atoms with Gasteiger partial charge in [-0.05, 0) is 42.0 Å². The fraction of sp³-hybridized carbons (Fsp3) is 0.0741. The molecule has 0 unspecified atom stereocenters. The van der Waals surface area contributed by atoms with Crippen molar-refractivity contribution in [2.45, 2.75) is 11.2 Å². The van der Waals surface area contributed by atoms with Gasteiger partial charge in [-0.1, -0.05) is 71.9 Å². The summed E-state index contributed by atoms with van der Waals surface area (Å²) in [6.45, 7) is 0. The Balaban J connectivity index is 1.64. The van der Waals surface area contributed by atoms with Crippen molar-refractivity contribution < 1.29 is 18.0 Å². The molecule has 0 aliphatic carbocycles. The summed E-state index contributed by atoms with van der Waals surface area (Å²) in [6, 6.07) is 24.8. The molecule has 1 amide bonds. The third-order valence-electron chi connectivity index (χ3n) is 5.14. The molecule has 0 fully saturated rings. The summed E-state index contributed by atoms with van der Waals surface area (Å²) in [5, 5.41) is 13.3. The van der Waals surface area contributed by atoms with Crippen LogP contribution in [0.4, 0.5) is 18.9 Å². The van der Waals surface area contributed by atoms with Crippen molar-refractivity contribution in [3.8, 4) is 28.5 Å². The number of benzene rings is 3. The number of carbonyl (C=O) groups excluding carboxylic acids is 1. The van der Waals surface area contributed by atoms with E-state index in [-0.39, 0.29) is 17.0 Å². The van der Waals surface area contributed by atoms with Gasteiger partial charge in [0, 0.05) is 21.8 Å². The number of halogens is 4. The van der Waals surface area contributed by atoms with Gasteiger partial charge in [0.05, 0.1) is 22.6 Å². The molecule has 0 spiro atoms. The average molecular weight is 524 g/mol. The molecule has 180 valence electrons. The first-order chi connectivity index (χ1) is 17.2. The number of amides is 1. The van der Waals surface area contributed by atoms with Crippen LogP contribution >= 0.6 is 23.4 Å². The molecule has 4 nitrogen and oxygen atoms in total. The Hall–Kier alpha value is -3.80. The van der Waals surface area contributed by atoms with Crippen LogP contribution in [0.2, 0.25) is 5.02 Å². The number of pyridine rings is 1. The summed E-state index contributed by atoms with van der Waals surface area (Å²) in [7, 11) is 0. The van der Waals surface area contributed by atoms with Crippen LogP contribution in [0.1, 0.15) is 11.1 Å². The smallest absolute Gasteiger partial charge is 0.325 e. The quantitative estimate of drug-likeness (QED) is 0.263. The molecule has 3 aromatic carbocycles. The summed E-state index contributed by atoms with van der Waals surface area (Å²) in [6.07, 6.45) is -4.52. The normalized spacial score (nSPS) is 11.1. The van der Waals surface area contributed by atoms with Crippen molar-refractivity contribution in [3.05, 3.63) is 101 Å². The van der Waals surface area contributed by atoms with Gasteiger partial charge in [-0.3, -0.25) is 4.79 Å². The van der Waals surface area contributed by atoms with Gasteiger partial charge < -0.3 is 5.32 Å². The number of aromatic nitrogens is 1. The maximum absolute atomic E-state index is 13.0. The zero-order chi connectivity index (χ0) is 25.7. The first-order valence-corrected chi connectivity index (χ1v) is 12.0. The highest BCUT2D eigenvalue weighted by molar-refractivity contribution is 8.00. The van der Waals surface area contributed by atoms with Gasteiger partial charge in [-0.25, -0.2) is 4.98 Å². The second kappa shape index (κ2) is 10.9. The summed E-state index contributed by atoms with van der Waals surface area (Å²) < 4.78 is 38.9. The predicted octanol–water partition coefficient (Wildman–Crippen LogP) is 7.69. The number of alkyl halides is 3. The molecule has 0 bridgehead atoms. The van der Waals surface area contributed by atoms with Crippen LogP contribution in [0.5, 0.6) is 0 Å². The lowest BCUT2D eigenvalue weighted by Crippen LogP contribution is -2.15. The van der Waals surface area contributed by atoms with E-state index in [1.165, 1.54) is 12.1 Å². The Morgan fingerprint density at radius 3 is 2.36 bits per heavy atom. The van der Waals surface area contributed by atoms with Crippen LogP contribution in [-0.2, 0) is 11.0 Å². The minimum Gasteiger partial charge on any atom is -0.325 e. The van der Waals surface area contributed by atoms with E-state index in [0.29, 0.717) is 21.3 Å². The SMILES string of the molecule is N#Cc1c(-c2ccc(Cl)cc2)cc(-c2ccccc2)nc1SCC(=O)Nc1cccc(C(F)(F)F)c1. The van der Waals surface area contributed by atoms with E-state index >= 15 is 0 Å². The Bertz CT molecular complexity index is 1440. The van der Waals surface area contributed by atoms with Gasteiger partial charge in [-0.2, -0.15) is 18.4 Å². The van der Waals surface area contributed by atoms with Crippen molar-refractivity contribution in [2.75, 3.05) is 11.1 Å². The number of rotatable bonds is 6. The maximum atomic E-state index is 13.0. The molecule has 0 aliphatic rings. The largest absolute Gasteiger partial charge is 0.416 e. The fourth-order valence-electron chi connectivity index (χ4n) is 3.45. The molecule has 0 radical (unpaired) electrons. The summed E-state index contributed by atoms with van der Waals surface area (Å²) >= 11 is 7.06. The number of thioether (sulfide) groups is 1. The van der Waals surface area contributed by atoms with Crippen LogP contribution in [0, 0.1) is 11.3 Å². The molecule has 1 N–H and O–H groups in total. The zero-order valence-electron chi connectivity index (χ0n) is 18.5. The molecule has 1 heterocycles.